The van der Waals surface area contributed by atoms with Crippen LogP contribution in [-0.2, 0) is 0 Å². The first-order valence-corrected chi connectivity index (χ1v) is 6.95. The molecule has 0 aliphatic rings. The standard InChI is InChI=1S/C13H8BrCl2FN2O/c14-8-3-4-10(12(16)11(8)15)19-13(20)7-2-1-6(18)5-9(7)17/h1-5H,18H2,(H,19,20). The van der Waals surface area contributed by atoms with E-state index in [-0.39, 0.29) is 21.3 Å². The number of carbonyl (C=O) groups is 1. The summed E-state index contributed by atoms with van der Waals surface area (Å²) in [5, 5.41) is 2.94. The number of carbonyl (C=O) groups excluding carboxylic acids is 1. The van der Waals surface area contributed by atoms with Crippen molar-refractivity contribution in [2.75, 3.05) is 11.1 Å². The van der Waals surface area contributed by atoms with Crippen molar-refractivity contribution in [3.63, 3.8) is 0 Å². The smallest absolute Gasteiger partial charge is 0.258 e. The minimum atomic E-state index is -0.707. The Morgan fingerprint density at radius 3 is 2.55 bits per heavy atom. The lowest BCUT2D eigenvalue weighted by molar-refractivity contribution is 0.102. The first-order valence-electron chi connectivity index (χ1n) is 5.40. The van der Waals surface area contributed by atoms with Crippen LogP contribution in [0.25, 0.3) is 0 Å². The minimum Gasteiger partial charge on any atom is -0.399 e. The fraction of sp³-hybridized carbons (Fsp3) is 0. The molecule has 104 valence electrons. The van der Waals surface area contributed by atoms with Gasteiger partial charge in [0.2, 0.25) is 0 Å². The van der Waals surface area contributed by atoms with Gasteiger partial charge >= 0.3 is 0 Å². The van der Waals surface area contributed by atoms with E-state index in [9.17, 15) is 9.18 Å². The van der Waals surface area contributed by atoms with Crippen LogP contribution in [0.2, 0.25) is 10.0 Å². The van der Waals surface area contributed by atoms with Gasteiger partial charge in [-0.15, -0.1) is 0 Å². The average Bonchev–Trinajstić information content (AvgIpc) is 2.39. The third kappa shape index (κ3) is 3.06. The molecule has 0 heterocycles. The van der Waals surface area contributed by atoms with Crippen LogP contribution in [0.15, 0.2) is 34.8 Å². The average molecular weight is 378 g/mol. The third-order valence-electron chi connectivity index (χ3n) is 2.52. The monoisotopic (exact) mass is 376 g/mol. The molecule has 0 bridgehead atoms. The molecule has 0 fully saturated rings. The van der Waals surface area contributed by atoms with Crippen LogP contribution < -0.4 is 11.1 Å². The van der Waals surface area contributed by atoms with Crippen molar-refractivity contribution in [2.45, 2.75) is 0 Å². The molecule has 0 saturated heterocycles. The zero-order chi connectivity index (χ0) is 14.9. The second-order valence-corrected chi connectivity index (χ2v) is 5.53. The van der Waals surface area contributed by atoms with Crippen molar-refractivity contribution < 1.29 is 9.18 Å². The van der Waals surface area contributed by atoms with Crippen molar-refractivity contribution in [2.24, 2.45) is 0 Å². The van der Waals surface area contributed by atoms with Crippen LogP contribution in [0.5, 0.6) is 0 Å². The summed E-state index contributed by atoms with van der Waals surface area (Å²) in [5.74, 6) is -1.34. The van der Waals surface area contributed by atoms with Crippen LogP contribution in [0.1, 0.15) is 10.4 Å². The van der Waals surface area contributed by atoms with Gasteiger partial charge in [-0.2, -0.15) is 0 Å². The lowest BCUT2D eigenvalue weighted by atomic mass is 10.1. The van der Waals surface area contributed by atoms with Gasteiger partial charge in [0.1, 0.15) is 5.82 Å². The van der Waals surface area contributed by atoms with E-state index in [1.807, 2.05) is 0 Å². The van der Waals surface area contributed by atoms with Crippen LogP contribution >= 0.6 is 39.1 Å². The molecule has 0 unspecified atom stereocenters. The summed E-state index contributed by atoms with van der Waals surface area (Å²) in [6.45, 7) is 0. The lowest BCUT2D eigenvalue weighted by Crippen LogP contribution is -2.14. The number of nitrogens with one attached hydrogen (secondary N) is 1. The lowest BCUT2D eigenvalue weighted by Gasteiger charge is -2.10. The quantitative estimate of drug-likeness (QED) is 0.587. The largest absolute Gasteiger partial charge is 0.399 e. The summed E-state index contributed by atoms with van der Waals surface area (Å²) in [6.07, 6.45) is 0. The van der Waals surface area contributed by atoms with Gasteiger partial charge in [-0.3, -0.25) is 4.79 Å². The highest BCUT2D eigenvalue weighted by Crippen LogP contribution is 2.36. The van der Waals surface area contributed by atoms with Gasteiger partial charge in [0.25, 0.3) is 5.91 Å². The molecule has 20 heavy (non-hydrogen) atoms. The number of benzene rings is 2. The SMILES string of the molecule is Nc1ccc(C(=O)Nc2ccc(Br)c(Cl)c2Cl)c(F)c1. The summed E-state index contributed by atoms with van der Waals surface area (Å²) in [5.41, 5.74) is 5.83. The molecule has 0 saturated carbocycles. The highest BCUT2D eigenvalue weighted by Gasteiger charge is 2.15. The zero-order valence-corrected chi connectivity index (χ0v) is 13.0. The van der Waals surface area contributed by atoms with Crippen molar-refractivity contribution in [3.8, 4) is 0 Å². The van der Waals surface area contributed by atoms with Crippen molar-refractivity contribution in [1.82, 2.24) is 0 Å². The Labute approximate surface area is 133 Å². The maximum atomic E-state index is 13.6. The van der Waals surface area contributed by atoms with Crippen LogP contribution in [-0.4, -0.2) is 5.91 Å². The van der Waals surface area contributed by atoms with E-state index >= 15 is 0 Å². The first-order chi connectivity index (χ1) is 9.40. The Bertz CT molecular complexity index is 694. The van der Waals surface area contributed by atoms with Gasteiger partial charge in [0, 0.05) is 10.2 Å². The fourth-order valence-electron chi connectivity index (χ4n) is 1.53. The molecule has 0 aromatic heterocycles. The number of halogens is 4. The molecule has 3 N–H and O–H groups in total. The van der Waals surface area contributed by atoms with Crippen LogP contribution in [0.4, 0.5) is 15.8 Å². The molecule has 3 nitrogen and oxygen atoms in total. The number of rotatable bonds is 2. The Balaban J connectivity index is 2.30. The number of amides is 1. The van der Waals surface area contributed by atoms with Crippen molar-refractivity contribution in [1.29, 1.82) is 0 Å². The van der Waals surface area contributed by atoms with Gasteiger partial charge < -0.3 is 11.1 Å². The van der Waals surface area contributed by atoms with Gasteiger partial charge in [-0.25, -0.2) is 4.39 Å². The van der Waals surface area contributed by atoms with E-state index in [4.69, 9.17) is 28.9 Å². The highest BCUT2D eigenvalue weighted by atomic mass is 79.9. The molecule has 1 amide bonds. The summed E-state index contributed by atoms with van der Waals surface area (Å²) >= 11 is 15.2. The molecule has 7 heteroatoms. The number of hydrogen-bond donors (Lipinski definition) is 2. The van der Waals surface area contributed by atoms with E-state index in [0.29, 0.717) is 10.2 Å². The Morgan fingerprint density at radius 1 is 1.20 bits per heavy atom. The summed E-state index contributed by atoms with van der Waals surface area (Å²) < 4.78 is 14.2. The molecule has 0 spiro atoms. The van der Waals surface area contributed by atoms with E-state index < -0.39 is 11.7 Å². The first kappa shape index (κ1) is 15.1. The topological polar surface area (TPSA) is 55.1 Å². The predicted molar refractivity (Wildman–Crippen MR) is 82.9 cm³/mol. The fourth-order valence-corrected chi connectivity index (χ4v) is 2.35. The second kappa shape index (κ2) is 5.99. The van der Waals surface area contributed by atoms with Crippen molar-refractivity contribution in [3.05, 3.63) is 56.2 Å². The normalized spacial score (nSPS) is 10.4. The van der Waals surface area contributed by atoms with E-state index in [1.165, 1.54) is 12.1 Å². The highest BCUT2D eigenvalue weighted by molar-refractivity contribution is 9.10. The predicted octanol–water partition coefficient (Wildman–Crippen LogP) is 4.73. The van der Waals surface area contributed by atoms with E-state index in [2.05, 4.69) is 21.2 Å². The molecule has 2 aromatic carbocycles. The van der Waals surface area contributed by atoms with Crippen LogP contribution in [0, 0.1) is 5.82 Å². The molecule has 2 rings (SSSR count). The second-order valence-electron chi connectivity index (χ2n) is 3.92. The van der Waals surface area contributed by atoms with Gasteiger partial charge in [0.05, 0.1) is 21.3 Å². The summed E-state index contributed by atoms with van der Waals surface area (Å²) in [4.78, 5) is 12.0. The van der Waals surface area contributed by atoms with Gasteiger partial charge in [-0.1, -0.05) is 23.2 Å². The van der Waals surface area contributed by atoms with Crippen molar-refractivity contribution >= 4 is 56.4 Å². The maximum absolute atomic E-state index is 13.6. The molecule has 0 aliphatic heterocycles. The Morgan fingerprint density at radius 2 is 1.90 bits per heavy atom. The summed E-state index contributed by atoms with van der Waals surface area (Å²) in [6, 6.07) is 7.00. The zero-order valence-electron chi connectivity index (χ0n) is 9.88. The van der Waals surface area contributed by atoms with Gasteiger partial charge in [-0.05, 0) is 46.3 Å². The van der Waals surface area contributed by atoms with E-state index in [0.717, 1.165) is 6.07 Å². The van der Waals surface area contributed by atoms with E-state index in [1.54, 1.807) is 12.1 Å². The number of nitrogens with two attached hydrogens (primary N) is 1. The molecular weight excluding hydrogens is 370 g/mol. The molecular formula is C13H8BrCl2FN2O. The number of anilines is 2. The Kier molecular flexibility index (Phi) is 4.52. The van der Waals surface area contributed by atoms with Gasteiger partial charge in [0.15, 0.2) is 0 Å². The molecule has 0 atom stereocenters. The Hall–Kier alpha value is -1.30. The molecule has 2 aromatic rings. The summed E-state index contributed by atoms with van der Waals surface area (Å²) in [7, 11) is 0. The number of nitrogen functional groups attached to an aromatic ring is 1. The molecule has 0 aliphatic carbocycles. The third-order valence-corrected chi connectivity index (χ3v) is 4.29. The van der Waals surface area contributed by atoms with Crippen LogP contribution in [0.3, 0.4) is 0 Å². The molecule has 0 radical (unpaired) electrons. The number of hydrogen-bond acceptors (Lipinski definition) is 2. The maximum Gasteiger partial charge on any atom is 0.258 e. The minimum absolute atomic E-state index is 0.130.